The first-order chi connectivity index (χ1) is 13.6. The van der Waals surface area contributed by atoms with E-state index in [1.165, 1.54) is 35.1 Å². The van der Waals surface area contributed by atoms with Crippen LogP contribution in [-0.4, -0.2) is 18.3 Å². The lowest BCUT2D eigenvalue weighted by molar-refractivity contribution is -0.0158. The number of hydrogen-bond acceptors (Lipinski definition) is 2. The lowest BCUT2D eigenvalue weighted by Gasteiger charge is -2.49. The van der Waals surface area contributed by atoms with E-state index in [0.717, 1.165) is 25.0 Å². The molecule has 146 valence electrons. The van der Waals surface area contributed by atoms with Gasteiger partial charge in [0.1, 0.15) is 5.75 Å². The van der Waals surface area contributed by atoms with Crippen molar-refractivity contribution in [1.82, 2.24) is 0 Å². The molecule has 0 bridgehead atoms. The first-order valence-corrected chi connectivity index (χ1v) is 10.7. The van der Waals surface area contributed by atoms with Crippen molar-refractivity contribution in [2.45, 2.75) is 51.0 Å². The molecule has 2 saturated carbocycles. The van der Waals surface area contributed by atoms with E-state index >= 15 is 0 Å². The lowest BCUT2D eigenvalue weighted by Crippen LogP contribution is -2.44. The van der Waals surface area contributed by atoms with E-state index in [1.54, 1.807) is 7.11 Å². The Kier molecular flexibility index (Phi) is 4.35. The summed E-state index contributed by atoms with van der Waals surface area (Å²) < 4.78 is 5.45. The zero-order chi connectivity index (χ0) is 19.3. The number of aliphatic hydroxyl groups excluding tert-OH is 1. The highest BCUT2D eigenvalue weighted by atomic mass is 16.5. The molecule has 3 aliphatic carbocycles. The number of benzene rings is 2. The SMILES string of the molecule is COc1ccc2c(c1)CC[C@@H]1[C@@H]2CC[C@]2(C)[C@@H](O)/C(=C/c3ccccc3)C[C@@H]12. The van der Waals surface area contributed by atoms with Gasteiger partial charge in [0, 0.05) is 5.41 Å². The summed E-state index contributed by atoms with van der Waals surface area (Å²) in [6.45, 7) is 2.34. The van der Waals surface area contributed by atoms with Gasteiger partial charge in [-0.25, -0.2) is 0 Å². The summed E-state index contributed by atoms with van der Waals surface area (Å²) in [6.07, 6.45) is 7.63. The molecular formula is C26H30O2. The molecule has 0 heterocycles. The first kappa shape index (κ1) is 18.0. The second-order valence-electron chi connectivity index (χ2n) is 9.26. The van der Waals surface area contributed by atoms with E-state index in [2.05, 4.69) is 55.5 Å². The highest BCUT2D eigenvalue weighted by molar-refractivity contribution is 5.55. The Bertz CT molecular complexity index is 900. The highest BCUT2D eigenvalue weighted by Crippen LogP contribution is 2.62. The van der Waals surface area contributed by atoms with Crippen molar-refractivity contribution in [2.75, 3.05) is 7.11 Å². The average Bonchev–Trinajstić information content (AvgIpc) is 2.99. The quantitative estimate of drug-likeness (QED) is 0.741. The van der Waals surface area contributed by atoms with E-state index < -0.39 is 0 Å². The minimum Gasteiger partial charge on any atom is -0.497 e. The molecule has 2 heteroatoms. The fourth-order valence-corrected chi connectivity index (χ4v) is 6.45. The van der Waals surface area contributed by atoms with Crippen LogP contribution in [0.2, 0.25) is 0 Å². The number of aryl methyl sites for hydroxylation is 1. The van der Waals surface area contributed by atoms with Crippen LogP contribution in [0.25, 0.3) is 6.08 Å². The molecule has 2 fully saturated rings. The number of hydrogen-bond donors (Lipinski definition) is 1. The lowest BCUT2D eigenvalue weighted by atomic mass is 9.55. The molecule has 5 atom stereocenters. The molecule has 0 unspecified atom stereocenters. The third-order valence-corrected chi connectivity index (χ3v) is 7.95. The van der Waals surface area contributed by atoms with E-state index in [0.29, 0.717) is 17.8 Å². The number of aliphatic hydroxyl groups is 1. The van der Waals surface area contributed by atoms with Crippen LogP contribution in [0.15, 0.2) is 54.1 Å². The van der Waals surface area contributed by atoms with Crippen LogP contribution < -0.4 is 4.74 Å². The van der Waals surface area contributed by atoms with Gasteiger partial charge >= 0.3 is 0 Å². The number of methoxy groups -OCH3 is 1. The molecular weight excluding hydrogens is 344 g/mol. The Morgan fingerprint density at radius 3 is 2.71 bits per heavy atom. The topological polar surface area (TPSA) is 29.5 Å². The Balaban J connectivity index is 1.47. The van der Waals surface area contributed by atoms with Crippen molar-refractivity contribution < 1.29 is 9.84 Å². The summed E-state index contributed by atoms with van der Waals surface area (Å²) in [5, 5.41) is 11.3. The minimum atomic E-state index is -0.309. The van der Waals surface area contributed by atoms with E-state index in [-0.39, 0.29) is 11.5 Å². The zero-order valence-corrected chi connectivity index (χ0v) is 16.9. The van der Waals surface area contributed by atoms with Gasteiger partial charge < -0.3 is 9.84 Å². The van der Waals surface area contributed by atoms with Gasteiger partial charge in [0.25, 0.3) is 0 Å². The van der Waals surface area contributed by atoms with Gasteiger partial charge in [-0.05, 0) is 84.3 Å². The predicted molar refractivity (Wildman–Crippen MR) is 113 cm³/mol. The van der Waals surface area contributed by atoms with Gasteiger partial charge in [-0.15, -0.1) is 0 Å². The van der Waals surface area contributed by atoms with Crippen molar-refractivity contribution in [2.24, 2.45) is 17.3 Å². The average molecular weight is 375 g/mol. The van der Waals surface area contributed by atoms with Crippen molar-refractivity contribution in [3.05, 3.63) is 70.8 Å². The molecule has 0 saturated heterocycles. The maximum Gasteiger partial charge on any atom is 0.119 e. The molecule has 1 N–H and O–H groups in total. The molecule has 3 aliphatic rings. The van der Waals surface area contributed by atoms with E-state index in [1.807, 2.05) is 6.07 Å². The molecule has 5 rings (SSSR count). The van der Waals surface area contributed by atoms with Crippen molar-refractivity contribution in [3.63, 3.8) is 0 Å². The Morgan fingerprint density at radius 1 is 1.11 bits per heavy atom. The largest absolute Gasteiger partial charge is 0.497 e. The highest BCUT2D eigenvalue weighted by Gasteiger charge is 2.56. The van der Waals surface area contributed by atoms with E-state index in [4.69, 9.17) is 4.74 Å². The van der Waals surface area contributed by atoms with Crippen molar-refractivity contribution >= 4 is 6.08 Å². The van der Waals surface area contributed by atoms with Crippen LogP contribution in [0, 0.1) is 17.3 Å². The molecule has 0 spiro atoms. The van der Waals surface area contributed by atoms with Crippen LogP contribution in [0.1, 0.15) is 55.2 Å². The normalized spacial score (nSPS) is 35.2. The summed E-state index contributed by atoms with van der Waals surface area (Å²) in [7, 11) is 1.75. The summed E-state index contributed by atoms with van der Waals surface area (Å²) in [4.78, 5) is 0. The van der Waals surface area contributed by atoms with Crippen LogP contribution in [0.4, 0.5) is 0 Å². The number of rotatable bonds is 2. The first-order valence-electron chi connectivity index (χ1n) is 10.7. The summed E-state index contributed by atoms with van der Waals surface area (Å²) in [5.74, 6) is 2.86. The Hall–Kier alpha value is -2.06. The van der Waals surface area contributed by atoms with Gasteiger partial charge in [0.05, 0.1) is 13.2 Å². The van der Waals surface area contributed by atoms with Crippen LogP contribution in [0.3, 0.4) is 0 Å². The number of fused-ring (bicyclic) bond motifs is 5. The summed E-state index contributed by atoms with van der Waals surface area (Å²) in [5.41, 5.74) is 5.47. The molecule has 2 aromatic rings. The third kappa shape index (κ3) is 2.73. The smallest absolute Gasteiger partial charge is 0.119 e. The second kappa shape index (κ2) is 6.77. The molecule has 28 heavy (non-hydrogen) atoms. The van der Waals surface area contributed by atoms with Crippen LogP contribution in [-0.2, 0) is 6.42 Å². The molecule has 0 aliphatic heterocycles. The minimum absolute atomic E-state index is 0.0196. The summed E-state index contributed by atoms with van der Waals surface area (Å²) >= 11 is 0. The molecule has 2 nitrogen and oxygen atoms in total. The van der Waals surface area contributed by atoms with Crippen molar-refractivity contribution in [1.29, 1.82) is 0 Å². The van der Waals surface area contributed by atoms with Crippen LogP contribution in [0.5, 0.6) is 5.75 Å². The van der Waals surface area contributed by atoms with Gasteiger partial charge in [0.2, 0.25) is 0 Å². The monoisotopic (exact) mass is 374 g/mol. The standard InChI is InChI=1S/C26H30O2/c1-26-13-12-22-21-11-9-20(28-2)15-18(21)8-10-23(22)24(26)16-19(25(26)27)14-17-6-4-3-5-7-17/h3-7,9,11,14-15,22-25,27H,8,10,12-13,16H2,1-2H3/b19-14+/t22-,23-,24+,25+,26+/m1/s1. The molecule has 0 radical (unpaired) electrons. The molecule has 0 amide bonds. The van der Waals surface area contributed by atoms with Crippen molar-refractivity contribution in [3.8, 4) is 5.75 Å². The molecule has 2 aromatic carbocycles. The predicted octanol–water partition coefficient (Wildman–Crippen LogP) is 5.61. The van der Waals surface area contributed by atoms with Gasteiger partial charge in [0.15, 0.2) is 0 Å². The van der Waals surface area contributed by atoms with Crippen LogP contribution >= 0.6 is 0 Å². The number of ether oxygens (including phenoxy) is 1. The zero-order valence-electron chi connectivity index (χ0n) is 16.9. The third-order valence-electron chi connectivity index (χ3n) is 7.95. The Labute approximate surface area is 168 Å². The van der Waals surface area contributed by atoms with E-state index in [9.17, 15) is 5.11 Å². The maximum atomic E-state index is 11.3. The molecule has 0 aromatic heterocycles. The Morgan fingerprint density at radius 2 is 1.93 bits per heavy atom. The fraction of sp³-hybridized carbons (Fsp3) is 0.462. The maximum absolute atomic E-state index is 11.3. The van der Waals surface area contributed by atoms with Gasteiger partial charge in [-0.2, -0.15) is 0 Å². The second-order valence-corrected chi connectivity index (χ2v) is 9.26. The summed E-state index contributed by atoms with van der Waals surface area (Å²) in [6, 6.07) is 17.1. The van der Waals surface area contributed by atoms with Gasteiger partial charge in [-0.1, -0.05) is 49.4 Å². The fourth-order valence-electron chi connectivity index (χ4n) is 6.45. The van der Waals surface area contributed by atoms with Gasteiger partial charge in [-0.3, -0.25) is 0 Å².